The minimum Gasteiger partial charge on any atom is -0.492 e. The summed E-state index contributed by atoms with van der Waals surface area (Å²) in [5.41, 5.74) is 0.454. The van der Waals surface area contributed by atoms with Crippen molar-refractivity contribution in [3.8, 4) is 5.75 Å². The molecule has 0 saturated heterocycles. The molecular formula is C22H27N5O3. The van der Waals surface area contributed by atoms with Crippen LogP contribution in [0.2, 0.25) is 0 Å². The lowest BCUT2D eigenvalue weighted by Crippen LogP contribution is -2.55. The van der Waals surface area contributed by atoms with Crippen LogP contribution in [0, 0.1) is 27.9 Å². The molecule has 1 aromatic carbocycles. The van der Waals surface area contributed by atoms with E-state index in [1.807, 2.05) is 31.2 Å². The van der Waals surface area contributed by atoms with Crippen molar-refractivity contribution in [2.75, 3.05) is 17.2 Å². The Morgan fingerprint density at radius 1 is 1.10 bits per heavy atom. The molecule has 1 heterocycles. The molecule has 4 aliphatic rings. The predicted octanol–water partition coefficient (Wildman–Crippen LogP) is 4.91. The summed E-state index contributed by atoms with van der Waals surface area (Å²) >= 11 is 0. The maximum Gasteiger partial charge on any atom is 0.353 e. The second kappa shape index (κ2) is 7.41. The Kier molecular flexibility index (Phi) is 4.72. The standard InChI is InChI=1S/C22H27N5O3/c1-2-30-18-6-4-3-5-17(18)25-20-19(27(28)29)21(24-13-23-20)26-22-10-14-7-15(11-22)9-16(8-14)12-22/h3-6,13-16H,2,7-12H2,1H3,(H2,23,24,25,26). The molecule has 0 spiro atoms. The van der Waals surface area contributed by atoms with Crippen molar-refractivity contribution in [1.29, 1.82) is 0 Å². The average Bonchev–Trinajstić information content (AvgIpc) is 2.68. The van der Waals surface area contributed by atoms with E-state index in [0.29, 0.717) is 23.9 Å². The van der Waals surface area contributed by atoms with Crippen LogP contribution < -0.4 is 15.4 Å². The zero-order chi connectivity index (χ0) is 20.7. The molecule has 4 fully saturated rings. The quantitative estimate of drug-likeness (QED) is 0.495. The highest BCUT2D eigenvalue weighted by molar-refractivity contribution is 5.76. The number of rotatable bonds is 7. The molecule has 158 valence electrons. The molecule has 2 aromatic rings. The minimum atomic E-state index is -0.394. The van der Waals surface area contributed by atoms with Gasteiger partial charge in [0.2, 0.25) is 11.6 Å². The van der Waals surface area contributed by atoms with Gasteiger partial charge in [-0.2, -0.15) is 0 Å². The summed E-state index contributed by atoms with van der Waals surface area (Å²) < 4.78 is 5.64. The average molecular weight is 409 g/mol. The monoisotopic (exact) mass is 409 g/mol. The number of benzene rings is 1. The first-order chi connectivity index (χ1) is 14.5. The highest BCUT2D eigenvalue weighted by atomic mass is 16.6. The number of nitrogens with one attached hydrogen (secondary N) is 2. The fraction of sp³-hybridized carbons (Fsp3) is 0.545. The number of nitro groups is 1. The zero-order valence-electron chi connectivity index (χ0n) is 17.1. The van der Waals surface area contributed by atoms with Crippen LogP contribution in [0.5, 0.6) is 5.75 Å². The van der Waals surface area contributed by atoms with Crippen molar-refractivity contribution >= 4 is 23.0 Å². The molecule has 0 radical (unpaired) electrons. The topological polar surface area (TPSA) is 102 Å². The second-order valence-corrected chi connectivity index (χ2v) is 9.05. The molecule has 4 saturated carbocycles. The molecule has 8 heteroatoms. The fourth-order valence-electron chi connectivity index (χ4n) is 6.23. The Balaban J connectivity index is 1.47. The van der Waals surface area contributed by atoms with Crippen LogP contribution in [0.25, 0.3) is 0 Å². The van der Waals surface area contributed by atoms with E-state index in [4.69, 9.17) is 4.74 Å². The molecule has 6 rings (SSSR count). The first-order valence-electron chi connectivity index (χ1n) is 10.8. The molecular weight excluding hydrogens is 382 g/mol. The Bertz CT molecular complexity index is 928. The van der Waals surface area contributed by atoms with Gasteiger partial charge in [0.15, 0.2) is 0 Å². The highest BCUT2D eigenvalue weighted by Crippen LogP contribution is 2.57. The van der Waals surface area contributed by atoms with Crippen LogP contribution in [-0.2, 0) is 0 Å². The van der Waals surface area contributed by atoms with Crippen molar-refractivity contribution in [3.63, 3.8) is 0 Å². The zero-order valence-corrected chi connectivity index (χ0v) is 17.1. The number of hydrogen-bond acceptors (Lipinski definition) is 7. The summed E-state index contributed by atoms with van der Waals surface area (Å²) in [6, 6.07) is 7.37. The largest absolute Gasteiger partial charge is 0.492 e. The summed E-state index contributed by atoms with van der Waals surface area (Å²) in [5.74, 6) is 3.33. The van der Waals surface area contributed by atoms with Crippen molar-refractivity contribution in [2.45, 2.75) is 51.0 Å². The molecule has 30 heavy (non-hydrogen) atoms. The summed E-state index contributed by atoms with van der Waals surface area (Å²) in [7, 11) is 0. The van der Waals surface area contributed by atoms with Crippen molar-refractivity contribution in [3.05, 3.63) is 40.7 Å². The molecule has 0 atom stereocenters. The summed E-state index contributed by atoms with van der Waals surface area (Å²) in [6.07, 6.45) is 8.57. The number of ether oxygens (including phenoxy) is 1. The highest BCUT2D eigenvalue weighted by Gasteiger charge is 2.51. The van der Waals surface area contributed by atoms with Gasteiger partial charge in [-0.1, -0.05) is 12.1 Å². The Morgan fingerprint density at radius 3 is 2.37 bits per heavy atom. The van der Waals surface area contributed by atoms with Gasteiger partial charge in [-0.25, -0.2) is 9.97 Å². The Labute approximate surface area is 175 Å². The van der Waals surface area contributed by atoms with E-state index in [2.05, 4.69) is 20.6 Å². The molecule has 2 N–H and O–H groups in total. The van der Waals surface area contributed by atoms with Gasteiger partial charge in [0.1, 0.15) is 12.1 Å². The maximum atomic E-state index is 12.0. The van der Waals surface area contributed by atoms with Crippen LogP contribution in [0.3, 0.4) is 0 Å². The van der Waals surface area contributed by atoms with Gasteiger partial charge in [0.05, 0.1) is 17.2 Å². The van der Waals surface area contributed by atoms with Gasteiger partial charge in [0.25, 0.3) is 0 Å². The predicted molar refractivity (Wildman–Crippen MR) is 114 cm³/mol. The van der Waals surface area contributed by atoms with Gasteiger partial charge in [-0.15, -0.1) is 0 Å². The third-order valence-electron chi connectivity index (χ3n) is 6.87. The second-order valence-electron chi connectivity index (χ2n) is 9.05. The van der Waals surface area contributed by atoms with Gasteiger partial charge in [0, 0.05) is 5.54 Å². The van der Waals surface area contributed by atoms with E-state index in [9.17, 15) is 10.1 Å². The molecule has 8 nitrogen and oxygen atoms in total. The van der Waals surface area contributed by atoms with E-state index in [-0.39, 0.29) is 17.0 Å². The number of anilines is 3. The Hall–Kier alpha value is -2.90. The third kappa shape index (κ3) is 3.44. The number of para-hydroxylation sites is 2. The minimum absolute atomic E-state index is 0.0750. The van der Waals surface area contributed by atoms with Gasteiger partial charge in [-0.05, 0) is 75.3 Å². The molecule has 4 aliphatic carbocycles. The molecule has 0 unspecified atom stereocenters. The van der Waals surface area contributed by atoms with Crippen molar-refractivity contribution in [2.24, 2.45) is 17.8 Å². The number of hydrogen-bond donors (Lipinski definition) is 2. The van der Waals surface area contributed by atoms with Crippen molar-refractivity contribution < 1.29 is 9.66 Å². The van der Waals surface area contributed by atoms with Crippen LogP contribution in [0.15, 0.2) is 30.6 Å². The summed E-state index contributed by atoms with van der Waals surface area (Å²) in [5, 5.41) is 18.7. The fourth-order valence-corrected chi connectivity index (χ4v) is 6.23. The maximum absolute atomic E-state index is 12.0. The first-order valence-corrected chi connectivity index (χ1v) is 10.8. The van der Waals surface area contributed by atoms with Crippen LogP contribution in [0.1, 0.15) is 45.4 Å². The first kappa shape index (κ1) is 19.1. The smallest absolute Gasteiger partial charge is 0.353 e. The number of nitrogens with zero attached hydrogens (tertiary/aromatic N) is 3. The van der Waals surface area contributed by atoms with Crippen LogP contribution in [0.4, 0.5) is 23.0 Å². The van der Waals surface area contributed by atoms with Gasteiger partial charge >= 0.3 is 5.69 Å². The molecule has 0 aliphatic heterocycles. The SMILES string of the molecule is CCOc1ccccc1Nc1ncnc(NC23CC4CC(CC(C4)C2)C3)c1[N+](=O)[O-]. The van der Waals surface area contributed by atoms with E-state index < -0.39 is 4.92 Å². The van der Waals surface area contributed by atoms with E-state index in [1.54, 1.807) is 0 Å². The van der Waals surface area contributed by atoms with E-state index in [1.165, 1.54) is 25.6 Å². The van der Waals surface area contributed by atoms with E-state index >= 15 is 0 Å². The third-order valence-corrected chi connectivity index (χ3v) is 6.87. The molecule has 4 bridgehead atoms. The Morgan fingerprint density at radius 2 is 1.73 bits per heavy atom. The van der Waals surface area contributed by atoms with Crippen LogP contribution >= 0.6 is 0 Å². The lowest BCUT2D eigenvalue weighted by molar-refractivity contribution is -0.383. The molecule has 1 aromatic heterocycles. The van der Waals surface area contributed by atoms with E-state index in [0.717, 1.165) is 37.0 Å². The van der Waals surface area contributed by atoms with Crippen LogP contribution in [-0.4, -0.2) is 27.0 Å². The van der Waals surface area contributed by atoms with Gasteiger partial charge < -0.3 is 15.4 Å². The number of aromatic nitrogens is 2. The molecule has 0 amide bonds. The summed E-state index contributed by atoms with van der Waals surface area (Å²) in [4.78, 5) is 20.1. The van der Waals surface area contributed by atoms with Gasteiger partial charge in [-0.3, -0.25) is 10.1 Å². The summed E-state index contributed by atoms with van der Waals surface area (Å²) in [6.45, 7) is 2.40. The normalized spacial score (nSPS) is 28.9. The lowest BCUT2D eigenvalue weighted by atomic mass is 9.53. The van der Waals surface area contributed by atoms with Crippen molar-refractivity contribution in [1.82, 2.24) is 9.97 Å². The lowest BCUT2D eigenvalue weighted by Gasteiger charge is -2.57.